The van der Waals surface area contributed by atoms with Crippen LogP contribution in [0, 0.1) is 0 Å². The SMILES string of the molecule is CCCNc1c(Br)cncc1S(N)(=O)=O. The van der Waals surface area contributed by atoms with Crippen LogP contribution in [0.4, 0.5) is 5.69 Å². The Kier molecular flexibility index (Phi) is 4.06. The predicted octanol–water partition coefficient (Wildman–Crippen LogP) is 1.31. The minimum atomic E-state index is -3.74. The normalized spacial score (nSPS) is 11.4. The molecular weight excluding hydrogens is 282 g/mol. The molecule has 84 valence electrons. The van der Waals surface area contributed by atoms with Gasteiger partial charge in [-0.3, -0.25) is 4.98 Å². The molecule has 1 aromatic heterocycles. The Morgan fingerprint density at radius 2 is 2.20 bits per heavy atom. The van der Waals surface area contributed by atoms with Crippen molar-refractivity contribution >= 4 is 31.6 Å². The van der Waals surface area contributed by atoms with Crippen molar-refractivity contribution in [2.45, 2.75) is 18.2 Å². The molecule has 0 fully saturated rings. The maximum absolute atomic E-state index is 11.2. The number of rotatable bonds is 4. The van der Waals surface area contributed by atoms with Gasteiger partial charge in [-0.15, -0.1) is 0 Å². The molecule has 15 heavy (non-hydrogen) atoms. The van der Waals surface area contributed by atoms with Crippen LogP contribution in [0.5, 0.6) is 0 Å². The molecule has 0 saturated heterocycles. The van der Waals surface area contributed by atoms with E-state index in [9.17, 15) is 8.42 Å². The quantitative estimate of drug-likeness (QED) is 0.877. The van der Waals surface area contributed by atoms with E-state index >= 15 is 0 Å². The number of primary sulfonamides is 1. The van der Waals surface area contributed by atoms with Gasteiger partial charge in [0.2, 0.25) is 10.0 Å². The first-order chi connectivity index (χ1) is 6.96. The van der Waals surface area contributed by atoms with Gasteiger partial charge in [0.25, 0.3) is 0 Å². The predicted molar refractivity (Wildman–Crippen MR) is 62.1 cm³/mol. The number of aromatic nitrogens is 1. The number of halogens is 1. The Balaban J connectivity index is 3.21. The molecule has 0 amide bonds. The van der Waals surface area contributed by atoms with E-state index in [0.717, 1.165) is 6.42 Å². The van der Waals surface area contributed by atoms with E-state index in [2.05, 4.69) is 26.2 Å². The molecule has 0 radical (unpaired) electrons. The van der Waals surface area contributed by atoms with E-state index in [1.165, 1.54) is 12.4 Å². The summed E-state index contributed by atoms with van der Waals surface area (Å²) in [6, 6.07) is 0. The number of hydrogen-bond acceptors (Lipinski definition) is 4. The van der Waals surface area contributed by atoms with Gasteiger partial charge in [-0.2, -0.15) is 0 Å². The summed E-state index contributed by atoms with van der Waals surface area (Å²) in [6.45, 7) is 2.66. The van der Waals surface area contributed by atoms with Crippen molar-refractivity contribution in [2.75, 3.05) is 11.9 Å². The third-order valence-electron chi connectivity index (χ3n) is 1.72. The van der Waals surface area contributed by atoms with Gasteiger partial charge in [0.15, 0.2) is 0 Å². The molecule has 3 N–H and O–H groups in total. The number of anilines is 1. The number of sulfonamides is 1. The number of pyridine rings is 1. The van der Waals surface area contributed by atoms with Crippen molar-refractivity contribution < 1.29 is 8.42 Å². The van der Waals surface area contributed by atoms with Crippen molar-refractivity contribution in [1.82, 2.24) is 4.98 Å². The molecule has 0 aromatic carbocycles. The summed E-state index contributed by atoms with van der Waals surface area (Å²) in [7, 11) is -3.74. The lowest BCUT2D eigenvalue weighted by Gasteiger charge is -2.10. The van der Waals surface area contributed by atoms with E-state index in [-0.39, 0.29) is 4.90 Å². The maximum Gasteiger partial charge on any atom is 0.241 e. The van der Waals surface area contributed by atoms with Gasteiger partial charge in [-0.25, -0.2) is 13.6 Å². The molecular formula is C8H12BrN3O2S. The number of nitrogens with zero attached hydrogens (tertiary/aromatic N) is 1. The third kappa shape index (κ3) is 3.15. The van der Waals surface area contributed by atoms with Gasteiger partial charge in [0.1, 0.15) is 4.90 Å². The van der Waals surface area contributed by atoms with Crippen LogP contribution < -0.4 is 10.5 Å². The van der Waals surface area contributed by atoms with Gasteiger partial charge in [0, 0.05) is 18.9 Å². The third-order valence-corrected chi connectivity index (χ3v) is 3.25. The molecule has 0 atom stereocenters. The summed E-state index contributed by atoms with van der Waals surface area (Å²) >= 11 is 3.22. The fraction of sp³-hybridized carbons (Fsp3) is 0.375. The van der Waals surface area contributed by atoms with E-state index in [1.54, 1.807) is 0 Å². The van der Waals surface area contributed by atoms with Crippen LogP contribution in [0.25, 0.3) is 0 Å². The molecule has 0 bridgehead atoms. The lowest BCUT2D eigenvalue weighted by atomic mass is 10.4. The zero-order valence-electron chi connectivity index (χ0n) is 8.20. The van der Waals surface area contributed by atoms with Gasteiger partial charge in [-0.05, 0) is 22.4 Å². The van der Waals surface area contributed by atoms with E-state index in [4.69, 9.17) is 5.14 Å². The molecule has 0 saturated carbocycles. The monoisotopic (exact) mass is 293 g/mol. The smallest absolute Gasteiger partial charge is 0.241 e. The second-order valence-corrected chi connectivity index (χ2v) is 5.35. The zero-order chi connectivity index (χ0) is 11.5. The van der Waals surface area contributed by atoms with Crippen molar-refractivity contribution in [1.29, 1.82) is 0 Å². The molecule has 0 spiro atoms. The standard InChI is InChI=1S/C8H12BrN3O2S/c1-2-3-12-8-6(9)4-11-5-7(8)15(10,13)14/h4-5H,2-3H2,1H3,(H,11,12)(H2,10,13,14). The van der Waals surface area contributed by atoms with Gasteiger partial charge >= 0.3 is 0 Å². The van der Waals surface area contributed by atoms with Crippen LogP contribution in [-0.2, 0) is 10.0 Å². The van der Waals surface area contributed by atoms with Crippen molar-refractivity contribution in [2.24, 2.45) is 5.14 Å². The molecule has 5 nitrogen and oxygen atoms in total. The second-order valence-electron chi connectivity index (χ2n) is 2.97. The highest BCUT2D eigenvalue weighted by Gasteiger charge is 2.16. The lowest BCUT2D eigenvalue weighted by molar-refractivity contribution is 0.597. The van der Waals surface area contributed by atoms with Crippen LogP contribution >= 0.6 is 15.9 Å². The fourth-order valence-electron chi connectivity index (χ4n) is 1.05. The van der Waals surface area contributed by atoms with E-state index in [1.807, 2.05) is 6.92 Å². The summed E-state index contributed by atoms with van der Waals surface area (Å²) in [5.41, 5.74) is 0.467. The summed E-state index contributed by atoms with van der Waals surface area (Å²) in [4.78, 5) is 3.78. The molecule has 1 aromatic rings. The maximum atomic E-state index is 11.2. The van der Waals surface area contributed by atoms with Crippen molar-refractivity contribution in [3.63, 3.8) is 0 Å². The number of nitrogens with one attached hydrogen (secondary N) is 1. The van der Waals surface area contributed by atoms with Crippen molar-refractivity contribution in [3.05, 3.63) is 16.9 Å². The molecule has 0 aliphatic heterocycles. The minimum absolute atomic E-state index is 0.00493. The van der Waals surface area contributed by atoms with Crippen LogP contribution in [-0.4, -0.2) is 19.9 Å². The van der Waals surface area contributed by atoms with Crippen LogP contribution in [0.15, 0.2) is 21.8 Å². The van der Waals surface area contributed by atoms with E-state index < -0.39 is 10.0 Å². The Labute approximate surface area is 97.3 Å². The fourth-order valence-corrected chi connectivity index (χ4v) is 2.33. The Hall–Kier alpha value is -0.660. The Bertz CT molecular complexity index is 447. The molecule has 0 aliphatic carbocycles. The Morgan fingerprint density at radius 1 is 1.53 bits per heavy atom. The summed E-state index contributed by atoms with van der Waals surface area (Å²) < 4.78 is 23.1. The van der Waals surface area contributed by atoms with Crippen LogP contribution in [0.2, 0.25) is 0 Å². The summed E-state index contributed by atoms with van der Waals surface area (Å²) in [5, 5.41) is 8.06. The average molecular weight is 294 g/mol. The molecule has 0 unspecified atom stereocenters. The summed E-state index contributed by atoms with van der Waals surface area (Å²) in [6.07, 6.45) is 3.64. The highest BCUT2D eigenvalue weighted by atomic mass is 79.9. The first-order valence-electron chi connectivity index (χ1n) is 4.37. The molecule has 1 rings (SSSR count). The second kappa shape index (κ2) is 4.91. The Morgan fingerprint density at radius 3 is 2.73 bits per heavy atom. The van der Waals surface area contributed by atoms with Gasteiger partial charge in [0.05, 0.1) is 10.2 Å². The van der Waals surface area contributed by atoms with Gasteiger partial charge < -0.3 is 5.32 Å². The lowest BCUT2D eigenvalue weighted by Crippen LogP contribution is -2.16. The highest BCUT2D eigenvalue weighted by Crippen LogP contribution is 2.27. The topological polar surface area (TPSA) is 85.1 Å². The van der Waals surface area contributed by atoms with Crippen molar-refractivity contribution in [3.8, 4) is 0 Å². The summed E-state index contributed by atoms with van der Waals surface area (Å²) in [5.74, 6) is 0. The van der Waals surface area contributed by atoms with Gasteiger partial charge in [-0.1, -0.05) is 6.92 Å². The number of hydrogen-bond donors (Lipinski definition) is 2. The first kappa shape index (κ1) is 12.4. The molecule has 0 aliphatic rings. The molecule has 7 heteroatoms. The number of nitrogens with two attached hydrogens (primary N) is 1. The molecule has 1 heterocycles. The van der Waals surface area contributed by atoms with Crippen LogP contribution in [0.1, 0.15) is 13.3 Å². The van der Waals surface area contributed by atoms with Crippen LogP contribution in [0.3, 0.4) is 0 Å². The first-order valence-corrected chi connectivity index (χ1v) is 6.71. The largest absolute Gasteiger partial charge is 0.383 e. The average Bonchev–Trinajstić information content (AvgIpc) is 2.14. The highest BCUT2D eigenvalue weighted by molar-refractivity contribution is 9.10. The minimum Gasteiger partial charge on any atom is -0.383 e. The van der Waals surface area contributed by atoms with E-state index in [0.29, 0.717) is 16.7 Å². The zero-order valence-corrected chi connectivity index (χ0v) is 10.6.